The molecule has 1 amide bonds. The van der Waals surface area contributed by atoms with Crippen LogP contribution >= 0.6 is 0 Å². The maximum absolute atomic E-state index is 10.8. The van der Waals surface area contributed by atoms with Gasteiger partial charge in [0.1, 0.15) is 5.78 Å². The van der Waals surface area contributed by atoms with Crippen molar-refractivity contribution in [1.82, 2.24) is 0 Å². The highest BCUT2D eigenvalue weighted by molar-refractivity contribution is 5.75. The Morgan fingerprint density at radius 2 is 1.95 bits per heavy atom. The lowest BCUT2D eigenvalue weighted by molar-refractivity contribution is -0.117. The van der Waals surface area contributed by atoms with Gasteiger partial charge in [0.25, 0.3) is 0 Å². The van der Waals surface area contributed by atoms with Gasteiger partial charge in [-0.25, -0.2) is 5.84 Å². The molecule has 19 heavy (non-hydrogen) atoms. The lowest BCUT2D eigenvalue weighted by Gasteiger charge is -2.15. The minimum absolute atomic E-state index is 0.0872. The maximum Gasteiger partial charge on any atom is 0.211 e. The third kappa shape index (κ3) is 5.22. The minimum atomic E-state index is 0.0872. The van der Waals surface area contributed by atoms with E-state index in [2.05, 4.69) is 5.32 Å². The van der Waals surface area contributed by atoms with E-state index >= 15 is 0 Å². The van der Waals surface area contributed by atoms with Gasteiger partial charge in [0, 0.05) is 24.0 Å². The molecule has 0 aliphatic heterocycles. The zero-order valence-electron chi connectivity index (χ0n) is 10.8. The Labute approximate surface area is 112 Å². The van der Waals surface area contributed by atoms with Crippen LogP contribution in [0.1, 0.15) is 19.8 Å². The molecular formula is C13H18N4O2. The van der Waals surface area contributed by atoms with Gasteiger partial charge in [-0.2, -0.15) is 0 Å². The van der Waals surface area contributed by atoms with Crippen molar-refractivity contribution < 1.29 is 9.59 Å². The van der Waals surface area contributed by atoms with Gasteiger partial charge < -0.3 is 15.8 Å². The van der Waals surface area contributed by atoms with Crippen molar-refractivity contribution in [3.05, 3.63) is 36.2 Å². The lowest BCUT2D eigenvalue weighted by Crippen LogP contribution is -2.26. The number of hydrogen-bond donors (Lipinski definition) is 3. The third-order valence-electron chi connectivity index (χ3n) is 2.46. The van der Waals surface area contributed by atoms with Gasteiger partial charge in [-0.15, -0.1) is 0 Å². The predicted molar refractivity (Wildman–Crippen MR) is 75.0 cm³/mol. The highest BCUT2D eigenvalue weighted by Gasteiger charge is 2.01. The number of ketones is 1. The maximum atomic E-state index is 10.8. The molecule has 0 aliphatic rings. The average Bonchev–Trinajstić information content (AvgIpc) is 2.37. The minimum Gasteiger partial charge on any atom is -0.401 e. The monoisotopic (exact) mass is 262 g/mol. The molecule has 0 spiro atoms. The van der Waals surface area contributed by atoms with Crippen molar-refractivity contribution in [2.45, 2.75) is 19.8 Å². The Bertz CT molecular complexity index is 468. The van der Waals surface area contributed by atoms with Crippen LogP contribution in [0.3, 0.4) is 0 Å². The molecule has 0 saturated heterocycles. The molecule has 5 N–H and O–H groups in total. The van der Waals surface area contributed by atoms with Gasteiger partial charge in [0.05, 0.1) is 5.69 Å². The van der Waals surface area contributed by atoms with E-state index in [-0.39, 0.29) is 5.78 Å². The van der Waals surface area contributed by atoms with Crippen LogP contribution in [-0.4, -0.2) is 12.2 Å². The van der Waals surface area contributed by atoms with Crippen molar-refractivity contribution in [2.24, 2.45) is 11.6 Å². The summed E-state index contributed by atoms with van der Waals surface area (Å²) in [5.41, 5.74) is 7.71. The highest BCUT2D eigenvalue weighted by Crippen LogP contribution is 2.16. The van der Waals surface area contributed by atoms with E-state index < -0.39 is 0 Å². The van der Waals surface area contributed by atoms with E-state index in [1.807, 2.05) is 0 Å². The lowest BCUT2D eigenvalue weighted by atomic mass is 10.2. The van der Waals surface area contributed by atoms with Crippen LogP contribution in [0.5, 0.6) is 0 Å². The SMILES string of the molecule is CC(=O)CC/C(N)=C/N(N)c1ccc(NC=O)cc1. The summed E-state index contributed by atoms with van der Waals surface area (Å²) in [5.74, 6) is 5.92. The molecule has 0 unspecified atom stereocenters. The molecule has 6 heteroatoms. The van der Waals surface area contributed by atoms with Gasteiger partial charge in [0.15, 0.2) is 0 Å². The Hall–Kier alpha value is -2.34. The summed E-state index contributed by atoms with van der Waals surface area (Å²) in [6.07, 6.45) is 3.06. The number of carbonyl (C=O) groups excluding carboxylic acids is 2. The molecule has 0 atom stereocenters. The van der Waals surface area contributed by atoms with Crippen molar-refractivity contribution in [3.8, 4) is 0 Å². The van der Waals surface area contributed by atoms with Crippen LogP contribution in [0.25, 0.3) is 0 Å². The van der Waals surface area contributed by atoms with Crippen LogP contribution in [-0.2, 0) is 9.59 Å². The first-order chi connectivity index (χ1) is 9.02. The average molecular weight is 262 g/mol. The molecule has 0 aromatic heterocycles. The van der Waals surface area contributed by atoms with Gasteiger partial charge in [-0.05, 0) is 37.6 Å². The Balaban J connectivity index is 2.65. The largest absolute Gasteiger partial charge is 0.401 e. The molecule has 1 rings (SSSR count). The number of nitrogens with two attached hydrogens (primary N) is 2. The number of Topliss-reactive ketones (excluding diaryl/α,β-unsaturated/α-hetero) is 1. The van der Waals surface area contributed by atoms with Gasteiger partial charge >= 0.3 is 0 Å². The molecule has 1 aromatic rings. The fourth-order valence-electron chi connectivity index (χ4n) is 1.44. The van der Waals surface area contributed by atoms with Crippen molar-refractivity contribution >= 4 is 23.6 Å². The number of hydrazine groups is 1. The van der Waals surface area contributed by atoms with Crippen molar-refractivity contribution in [2.75, 3.05) is 10.3 Å². The summed E-state index contributed by atoms with van der Waals surface area (Å²) in [4.78, 5) is 21.1. The van der Waals surface area contributed by atoms with Crippen molar-refractivity contribution in [3.63, 3.8) is 0 Å². The predicted octanol–water partition coefficient (Wildman–Crippen LogP) is 1.10. The fraction of sp³-hybridized carbons (Fsp3) is 0.231. The zero-order valence-corrected chi connectivity index (χ0v) is 10.8. The van der Waals surface area contributed by atoms with Crippen LogP contribution in [0.4, 0.5) is 11.4 Å². The summed E-state index contributed by atoms with van der Waals surface area (Å²) in [7, 11) is 0. The summed E-state index contributed by atoms with van der Waals surface area (Å²) in [5, 5.41) is 3.90. The molecule has 0 saturated carbocycles. The fourth-order valence-corrected chi connectivity index (χ4v) is 1.44. The third-order valence-corrected chi connectivity index (χ3v) is 2.46. The Morgan fingerprint density at radius 1 is 1.32 bits per heavy atom. The van der Waals surface area contributed by atoms with Crippen LogP contribution < -0.4 is 21.9 Å². The van der Waals surface area contributed by atoms with Gasteiger partial charge in [0.2, 0.25) is 6.41 Å². The van der Waals surface area contributed by atoms with Crippen LogP contribution in [0.2, 0.25) is 0 Å². The number of nitrogens with zero attached hydrogens (tertiary/aromatic N) is 1. The number of rotatable bonds is 7. The Kier molecular flexibility index (Phi) is 5.56. The number of benzene rings is 1. The van der Waals surface area contributed by atoms with Gasteiger partial charge in [-0.1, -0.05) is 0 Å². The molecule has 1 aromatic carbocycles. The smallest absolute Gasteiger partial charge is 0.211 e. The topological polar surface area (TPSA) is 101 Å². The number of allylic oxidation sites excluding steroid dienone is 1. The van der Waals surface area contributed by atoms with E-state index in [0.29, 0.717) is 30.6 Å². The summed E-state index contributed by atoms with van der Waals surface area (Å²) in [6, 6.07) is 6.95. The summed E-state index contributed by atoms with van der Waals surface area (Å²) < 4.78 is 0. The summed E-state index contributed by atoms with van der Waals surface area (Å²) in [6.45, 7) is 1.52. The van der Waals surface area contributed by atoms with E-state index in [4.69, 9.17) is 11.6 Å². The molecule has 6 nitrogen and oxygen atoms in total. The van der Waals surface area contributed by atoms with Crippen LogP contribution in [0, 0.1) is 0 Å². The molecule has 0 fully saturated rings. The molecular weight excluding hydrogens is 244 g/mol. The number of hydrogen-bond acceptors (Lipinski definition) is 5. The molecule has 0 bridgehead atoms. The molecule has 0 radical (unpaired) electrons. The second-order valence-electron chi connectivity index (χ2n) is 4.12. The second-order valence-corrected chi connectivity index (χ2v) is 4.12. The van der Waals surface area contributed by atoms with E-state index in [9.17, 15) is 9.59 Å². The van der Waals surface area contributed by atoms with Crippen molar-refractivity contribution in [1.29, 1.82) is 0 Å². The van der Waals surface area contributed by atoms with E-state index in [1.165, 1.54) is 11.9 Å². The molecule has 102 valence electrons. The first kappa shape index (κ1) is 14.7. The normalized spacial score (nSPS) is 10.9. The number of amides is 1. The number of nitrogens with one attached hydrogen (secondary N) is 1. The Morgan fingerprint density at radius 3 is 2.47 bits per heavy atom. The van der Waals surface area contributed by atoms with E-state index in [1.54, 1.807) is 30.5 Å². The van der Waals surface area contributed by atoms with E-state index in [0.717, 1.165) is 5.69 Å². The first-order valence-electron chi connectivity index (χ1n) is 5.82. The zero-order chi connectivity index (χ0) is 14.3. The van der Waals surface area contributed by atoms with Gasteiger partial charge in [-0.3, -0.25) is 9.80 Å². The summed E-state index contributed by atoms with van der Waals surface area (Å²) >= 11 is 0. The standard InChI is InChI=1S/C13H18N4O2/c1-10(19)2-3-11(14)8-17(15)13-6-4-12(5-7-13)16-9-18/h4-9H,2-3,14-15H2,1H3,(H,16,18)/b11-8-. The highest BCUT2D eigenvalue weighted by atomic mass is 16.1. The quantitative estimate of drug-likeness (QED) is 0.388. The molecule has 0 aliphatic carbocycles. The molecule has 0 heterocycles. The number of carbonyl (C=O) groups is 2. The number of anilines is 2. The second kappa shape index (κ2) is 7.17. The van der Waals surface area contributed by atoms with Crippen LogP contribution in [0.15, 0.2) is 36.2 Å². The first-order valence-corrected chi connectivity index (χ1v) is 5.82.